The average molecular weight is 332 g/mol. The molecular formula is C17H20N2O5. The summed E-state index contributed by atoms with van der Waals surface area (Å²) in [6.45, 7) is 5.76. The van der Waals surface area contributed by atoms with Crippen LogP contribution in [0.4, 0.5) is 0 Å². The molecule has 2 aromatic rings. The molecule has 2 N–H and O–H groups in total. The van der Waals surface area contributed by atoms with Gasteiger partial charge >= 0.3 is 5.97 Å². The number of carboxylic acids is 1. The number of amides is 1. The quantitative estimate of drug-likeness (QED) is 0.842. The van der Waals surface area contributed by atoms with Gasteiger partial charge in [0.25, 0.3) is 5.91 Å². The molecule has 1 amide bonds. The molecule has 0 spiro atoms. The first-order chi connectivity index (χ1) is 11.3. The maximum Gasteiger partial charge on any atom is 0.341 e. The zero-order valence-electron chi connectivity index (χ0n) is 13.8. The number of rotatable bonds is 6. The van der Waals surface area contributed by atoms with Crippen LogP contribution >= 0.6 is 0 Å². The van der Waals surface area contributed by atoms with Crippen molar-refractivity contribution >= 4 is 11.9 Å². The molecule has 0 atom stereocenters. The van der Waals surface area contributed by atoms with Gasteiger partial charge in [-0.25, -0.2) is 4.79 Å². The predicted octanol–water partition coefficient (Wildman–Crippen LogP) is 2.37. The van der Waals surface area contributed by atoms with E-state index in [-0.39, 0.29) is 23.6 Å². The summed E-state index contributed by atoms with van der Waals surface area (Å²) in [5.74, 6) is -0.321. The molecule has 0 fully saturated rings. The van der Waals surface area contributed by atoms with Crippen LogP contribution in [0.3, 0.4) is 0 Å². The van der Waals surface area contributed by atoms with Gasteiger partial charge in [0.1, 0.15) is 11.5 Å². The van der Waals surface area contributed by atoms with E-state index < -0.39 is 12.6 Å². The summed E-state index contributed by atoms with van der Waals surface area (Å²) in [6.07, 6.45) is 0. The first-order valence-corrected chi connectivity index (χ1v) is 7.44. The van der Waals surface area contributed by atoms with Crippen molar-refractivity contribution in [2.45, 2.75) is 32.7 Å². The largest absolute Gasteiger partial charge is 0.482 e. The van der Waals surface area contributed by atoms with Crippen LogP contribution in [-0.4, -0.2) is 28.7 Å². The molecule has 0 aliphatic heterocycles. The second-order valence-electron chi connectivity index (χ2n) is 6.34. The lowest BCUT2D eigenvalue weighted by atomic mass is 9.93. The average Bonchev–Trinajstić information content (AvgIpc) is 3.01. The summed E-state index contributed by atoms with van der Waals surface area (Å²) >= 11 is 0. The highest BCUT2D eigenvalue weighted by atomic mass is 16.5. The van der Waals surface area contributed by atoms with Gasteiger partial charge < -0.3 is 19.7 Å². The van der Waals surface area contributed by atoms with Crippen LogP contribution in [-0.2, 0) is 16.8 Å². The molecule has 128 valence electrons. The second-order valence-corrected chi connectivity index (χ2v) is 6.34. The third-order valence-corrected chi connectivity index (χ3v) is 3.20. The highest BCUT2D eigenvalue weighted by molar-refractivity contribution is 5.92. The minimum atomic E-state index is -1.05. The molecule has 7 heteroatoms. The van der Waals surface area contributed by atoms with Gasteiger partial charge in [0.15, 0.2) is 12.3 Å². The predicted molar refractivity (Wildman–Crippen MR) is 85.9 cm³/mol. The zero-order chi connectivity index (χ0) is 17.7. The highest BCUT2D eigenvalue weighted by Gasteiger charge is 2.22. The molecular weight excluding hydrogens is 312 g/mol. The minimum absolute atomic E-state index is 0.221. The van der Waals surface area contributed by atoms with E-state index in [0.29, 0.717) is 11.5 Å². The first kappa shape index (κ1) is 17.5. The van der Waals surface area contributed by atoms with Crippen molar-refractivity contribution in [2.24, 2.45) is 0 Å². The standard InChI is InChI=1S/C17H20N2O5/c1-17(2,3)14-8-13(19-24-14)16(22)18-9-11-5-4-6-12(7-11)23-10-15(20)21/h4-8H,9-10H2,1-3H3,(H,18,22)(H,20,21). The van der Waals surface area contributed by atoms with Crippen LogP contribution in [0, 0.1) is 0 Å². The lowest BCUT2D eigenvalue weighted by Crippen LogP contribution is -2.23. The third kappa shape index (κ3) is 4.84. The molecule has 0 bridgehead atoms. The summed E-state index contributed by atoms with van der Waals surface area (Å²) < 4.78 is 10.3. The van der Waals surface area contributed by atoms with E-state index in [1.54, 1.807) is 30.3 Å². The van der Waals surface area contributed by atoms with Gasteiger partial charge in [0.2, 0.25) is 0 Å². The molecule has 0 aliphatic rings. The van der Waals surface area contributed by atoms with Crippen molar-refractivity contribution in [1.82, 2.24) is 10.5 Å². The SMILES string of the molecule is CC(C)(C)c1cc(C(=O)NCc2cccc(OCC(=O)O)c2)no1. The summed E-state index contributed by atoms with van der Waals surface area (Å²) in [5, 5.41) is 15.1. The maximum absolute atomic E-state index is 12.1. The topological polar surface area (TPSA) is 102 Å². The van der Waals surface area contributed by atoms with Gasteiger partial charge in [-0.15, -0.1) is 0 Å². The van der Waals surface area contributed by atoms with Crippen molar-refractivity contribution in [3.05, 3.63) is 47.3 Å². The minimum Gasteiger partial charge on any atom is -0.482 e. The lowest BCUT2D eigenvalue weighted by molar-refractivity contribution is -0.139. The van der Waals surface area contributed by atoms with Gasteiger partial charge in [0.05, 0.1) is 0 Å². The molecule has 0 unspecified atom stereocenters. The molecule has 1 heterocycles. The van der Waals surface area contributed by atoms with E-state index >= 15 is 0 Å². The number of ether oxygens (including phenoxy) is 1. The Morgan fingerprint density at radius 1 is 1.29 bits per heavy atom. The Hall–Kier alpha value is -2.83. The van der Waals surface area contributed by atoms with Crippen molar-refractivity contribution in [2.75, 3.05) is 6.61 Å². The van der Waals surface area contributed by atoms with E-state index in [4.69, 9.17) is 14.4 Å². The van der Waals surface area contributed by atoms with Crippen molar-refractivity contribution in [3.8, 4) is 5.75 Å². The number of nitrogens with zero attached hydrogens (tertiary/aromatic N) is 1. The van der Waals surface area contributed by atoms with E-state index in [1.165, 1.54) is 0 Å². The van der Waals surface area contributed by atoms with Crippen molar-refractivity contribution in [1.29, 1.82) is 0 Å². The molecule has 0 radical (unpaired) electrons. The Morgan fingerprint density at radius 3 is 2.67 bits per heavy atom. The molecule has 1 aromatic carbocycles. The van der Waals surface area contributed by atoms with Crippen molar-refractivity contribution in [3.63, 3.8) is 0 Å². The summed E-state index contributed by atoms with van der Waals surface area (Å²) in [6, 6.07) is 8.49. The van der Waals surface area contributed by atoms with Gasteiger partial charge in [-0.05, 0) is 17.7 Å². The molecule has 7 nitrogen and oxygen atoms in total. The Labute approximate surface area is 139 Å². The number of nitrogens with one attached hydrogen (secondary N) is 1. The fourth-order valence-corrected chi connectivity index (χ4v) is 1.90. The fraction of sp³-hybridized carbons (Fsp3) is 0.353. The summed E-state index contributed by atoms with van der Waals surface area (Å²) in [7, 11) is 0. The Balaban J connectivity index is 1.95. The number of aliphatic carboxylic acids is 1. The number of carbonyl (C=O) groups is 2. The number of hydrogen-bond acceptors (Lipinski definition) is 5. The van der Waals surface area contributed by atoms with E-state index in [2.05, 4.69) is 10.5 Å². The third-order valence-electron chi connectivity index (χ3n) is 3.20. The van der Waals surface area contributed by atoms with Crippen molar-refractivity contribution < 1.29 is 24.0 Å². The lowest BCUT2D eigenvalue weighted by Gasteiger charge is -2.12. The zero-order valence-corrected chi connectivity index (χ0v) is 13.8. The Morgan fingerprint density at radius 2 is 2.04 bits per heavy atom. The molecule has 24 heavy (non-hydrogen) atoms. The Kier molecular flexibility index (Phi) is 5.23. The van der Waals surface area contributed by atoms with Gasteiger partial charge in [-0.3, -0.25) is 4.79 Å². The highest BCUT2D eigenvalue weighted by Crippen LogP contribution is 2.22. The number of hydrogen-bond donors (Lipinski definition) is 2. The fourth-order valence-electron chi connectivity index (χ4n) is 1.90. The number of carbonyl (C=O) groups excluding carboxylic acids is 1. The normalized spacial score (nSPS) is 11.1. The van der Waals surface area contributed by atoms with E-state index in [1.807, 2.05) is 20.8 Å². The number of carboxylic acid groups (broad SMARTS) is 1. The second kappa shape index (κ2) is 7.16. The van der Waals surface area contributed by atoms with Gasteiger partial charge in [-0.1, -0.05) is 38.1 Å². The Bertz CT molecular complexity index is 731. The van der Waals surface area contributed by atoms with E-state index in [0.717, 1.165) is 5.56 Å². The van der Waals surface area contributed by atoms with Gasteiger partial charge in [-0.2, -0.15) is 0 Å². The summed E-state index contributed by atoms with van der Waals surface area (Å²) in [5.41, 5.74) is 0.783. The monoisotopic (exact) mass is 332 g/mol. The smallest absolute Gasteiger partial charge is 0.341 e. The molecule has 0 saturated heterocycles. The van der Waals surface area contributed by atoms with E-state index in [9.17, 15) is 9.59 Å². The number of aromatic nitrogens is 1. The number of benzene rings is 1. The first-order valence-electron chi connectivity index (χ1n) is 7.44. The molecule has 0 aliphatic carbocycles. The van der Waals surface area contributed by atoms with Crippen LogP contribution < -0.4 is 10.1 Å². The van der Waals surface area contributed by atoms with Crippen LogP contribution in [0.2, 0.25) is 0 Å². The molecule has 0 saturated carbocycles. The molecule has 2 rings (SSSR count). The van der Waals surface area contributed by atoms with Crippen LogP contribution in [0.15, 0.2) is 34.9 Å². The maximum atomic E-state index is 12.1. The summed E-state index contributed by atoms with van der Waals surface area (Å²) in [4.78, 5) is 22.6. The van der Waals surface area contributed by atoms with Gasteiger partial charge in [0, 0.05) is 18.0 Å². The molecule has 1 aromatic heterocycles. The van der Waals surface area contributed by atoms with Crippen LogP contribution in [0.5, 0.6) is 5.75 Å². The van der Waals surface area contributed by atoms with Crippen LogP contribution in [0.25, 0.3) is 0 Å². The van der Waals surface area contributed by atoms with Crippen LogP contribution in [0.1, 0.15) is 42.6 Å².